The molecule has 0 aliphatic carbocycles. The van der Waals surface area contributed by atoms with Crippen LogP contribution in [0, 0.1) is 19.8 Å². The quantitative estimate of drug-likeness (QED) is 0.728. The lowest BCUT2D eigenvalue weighted by molar-refractivity contribution is -0.130. The van der Waals surface area contributed by atoms with Gasteiger partial charge in [-0.1, -0.05) is 15.9 Å². The number of hydrogen-bond acceptors (Lipinski definition) is 3. The summed E-state index contributed by atoms with van der Waals surface area (Å²) in [6, 6.07) is 4.30. The average Bonchev–Trinajstić information content (AvgIpc) is 2.50. The molecule has 1 N–H and O–H groups in total. The van der Waals surface area contributed by atoms with E-state index in [4.69, 9.17) is 0 Å². The molecule has 0 saturated carbocycles. The van der Waals surface area contributed by atoms with Crippen LogP contribution >= 0.6 is 40.1 Å². The topological polar surface area (TPSA) is 32.3 Å². The van der Waals surface area contributed by atoms with E-state index in [2.05, 4.69) is 47.2 Å². The van der Waals surface area contributed by atoms with E-state index in [9.17, 15) is 4.79 Å². The first-order valence-corrected chi connectivity index (χ1v) is 9.61. The van der Waals surface area contributed by atoms with Gasteiger partial charge in [0.15, 0.2) is 0 Å². The third kappa shape index (κ3) is 5.96. The van der Waals surface area contributed by atoms with Gasteiger partial charge in [0.05, 0.1) is 5.75 Å². The zero-order valence-corrected chi connectivity index (χ0v) is 17.2. The number of hydrogen-bond donors (Lipinski definition) is 1. The average molecular weight is 422 g/mol. The number of piperidine rings is 1. The highest BCUT2D eigenvalue weighted by atomic mass is 79.9. The third-order valence-corrected chi connectivity index (χ3v) is 6.17. The molecular weight excluding hydrogens is 396 g/mol. The van der Waals surface area contributed by atoms with Gasteiger partial charge in [-0.3, -0.25) is 4.79 Å². The van der Waals surface area contributed by atoms with Gasteiger partial charge in [-0.2, -0.15) is 0 Å². The molecule has 1 amide bonds. The Hall–Kier alpha value is -0.230. The molecule has 1 aromatic carbocycles. The molecule has 23 heavy (non-hydrogen) atoms. The van der Waals surface area contributed by atoms with Crippen molar-refractivity contribution in [2.45, 2.75) is 31.6 Å². The summed E-state index contributed by atoms with van der Waals surface area (Å²) in [5, 5.41) is 3.23. The van der Waals surface area contributed by atoms with Crippen molar-refractivity contribution in [3.63, 3.8) is 0 Å². The van der Waals surface area contributed by atoms with Gasteiger partial charge < -0.3 is 10.2 Å². The number of thioether (sulfide) groups is 1. The fourth-order valence-electron chi connectivity index (χ4n) is 2.89. The Kier molecular flexibility index (Phi) is 8.98. The molecule has 0 radical (unpaired) electrons. The van der Waals surface area contributed by atoms with Crippen molar-refractivity contribution >= 4 is 46.0 Å². The lowest BCUT2D eigenvalue weighted by Crippen LogP contribution is -2.43. The highest BCUT2D eigenvalue weighted by Crippen LogP contribution is 2.29. The van der Waals surface area contributed by atoms with E-state index in [1.54, 1.807) is 11.8 Å². The van der Waals surface area contributed by atoms with Crippen LogP contribution in [0.5, 0.6) is 0 Å². The number of carbonyl (C=O) groups excluding carboxylic acids is 1. The molecule has 1 heterocycles. The second-order valence-electron chi connectivity index (χ2n) is 6.06. The first kappa shape index (κ1) is 20.8. The number of likely N-dealkylation sites (tertiary alicyclic amines) is 1. The summed E-state index contributed by atoms with van der Waals surface area (Å²) < 4.78 is 1.13. The summed E-state index contributed by atoms with van der Waals surface area (Å²) in [6.07, 6.45) is 2.35. The van der Waals surface area contributed by atoms with Crippen molar-refractivity contribution in [2.24, 2.45) is 5.92 Å². The molecule has 1 aliphatic heterocycles. The van der Waals surface area contributed by atoms with Gasteiger partial charge in [0.2, 0.25) is 5.91 Å². The van der Waals surface area contributed by atoms with E-state index >= 15 is 0 Å². The molecule has 3 nitrogen and oxygen atoms in total. The monoisotopic (exact) mass is 420 g/mol. The number of nitrogens with one attached hydrogen (secondary N) is 1. The minimum absolute atomic E-state index is 0. The van der Waals surface area contributed by atoms with Crippen LogP contribution in [0.2, 0.25) is 0 Å². The van der Waals surface area contributed by atoms with E-state index < -0.39 is 0 Å². The van der Waals surface area contributed by atoms with Crippen LogP contribution in [0.3, 0.4) is 0 Å². The molecule has 1 atom stereocenters. The van der Waals surface area contributed by atoms with Crippen molar-refractivity contribution in [3.8, 4) is 0 Å². The summed E-state index contributed by atoms with van der Waals surface area (Å²) in [5.41, 5.74) is 2.44. The Labute approximate surface area is 158 Å². The van der Waals surface area contributed by atoms with E-state index in [0.29, 0.717) is 11.7 Å². The summed E-state index contributed by atoms with van der Waals surface area (Å²) in [6.45, 7) is 7.00. The van der Waals surface area contributed by atoms with Crippen LogP contribution < -0.4 is 5.32 Å². The molecule has 130 valence electrons. The molecule has 0 aromatic heterocycles. The Balaban J connectivity index is 0.00000264. The predicted octanol–water partition coefficient (Wildman–Crippen LogP) is 4.04. The summed E-state index contributed by atoms with van der Waals surface area (Å²) >= 11 is 5.21. The van der Waals surface area contributed by atoms with Crippen LogP contribution in [0.25, 0.3) is 0 Å². The van der Waals surface area contributed by atoms with Crippen molar-refractivity contribution in [1.82, 2.24) is 10.2 Å². The van der Waals surface area contributed by atoms with Crippen LogP contribution in [-0.4, -0.2) is 43.2 Å². The number of aryl methyl sites for hydroxylation is 2. The van der Waals surface area contributed by atoms with Crippen molar-refractivity contribution < 1.29 is 4.79 Å². The van der Waals surface area contributed by atoms with Gasteiger partial charge in [0.1, 0.15) is 0 Å². The van der Waals surface area contributed by atoms with Gasteiger partial charge in [-0.05, 0) is 69.5 Å². The second kappa shape index (κ2) is 9.92. The zero-order valence-electron chi connectivity index (χ0n) is 14.0. The Morgan fingerprint density at radius 2 is 2.13 bits per heavy atom. The van der Waals surface area contributed by atoms with Crippen LogP contribution in [-0.2, 0) is 4.79 Å². The lowest BCUT2D eigenvalue weighted by atomic mass is 9.98. The molecule has 0 bridgehead atoms. The van der Waals surface area contributed by atoms with Crippen molar-refractivity contribution in [2.75, 3.05) is 32.4 Å². The minimum atomic E-state index is 0. The number of carbonyl (C=O) groups is 1. The zero-order chi connectivity index (χ0) is 16.1. The molecule has 2 rings (SSSR count). The largest absolute Gasteiger partial charge is 0.342 e. The summed E-state index contributed by atoms with van der Waals surface area (Å²) in [7, 11) is 1.98. The third-order valence-electron chi connectivity index (χ3n) is 4.17. The highest BCUT2D eigenvalue weighted by Gasteiger charge is 2.23. The van der Waals surface area contributed by atoms with Crippen LogP contribution in [0.4, 0.5) is 0 Å². The number of benzene rings is 1. The van der Waals surface area contributed by atoms with Gasteiger partial charge in [-0.25, -0.2) is 0 Å². The standard InChI is InChI=1S/C17H25BrN2OS.ClH/c1-12-8-16(13(2)7-15(12)18)22-11-17(21)20-6-4-5-14(10-20)9-19-3;/h7-8,14,19H,4-6,9-11H2,1-3H3;1H. The first-order chi connectivity index (χ1) is 10.5. The molecule has 1 saturated heterocycles. The first-order valence-electron chi connectivity index (χ1n) is 7.83. The van der Waals surface area contributed by atoms with Gasteiger partial charge in [0, 0.05) is 22.5 Å². The molecular formula is C17H26BrClN2OS. The maximum absolute atomic E-state index is 12.5. The van der Waals surface area contributed by atoms with E-state index in [0.717, 1.165) is 30.5 Å². The van der Waals surface area contributed by atoms with Crippen molar-refractivity contribution in [1.29, 1.82) is 0 Å². The van der Waals surface area contributed by atoms with E-state index in [-0.39, 0.29) is 18.3 Å². The Morgan fingerprint density at radius 1 is 1.39 bits per heavy atom. The number of halogens is 2. The number of rotatable bonds is 5. The molecule has 1 aliphatic rings. The molecule has 1 unspecified atom stereocenters. The normalized spacial score (nSPS) is 17.7. The van der Waals surface area contributed by atoms with Gasteiger partial charge in [-0.15, -0.1) is 24.2 Å². The fraction of sp³-hybridized carbons (Fsp3) is 0.588. The van der Waals surface area contributed by atoms with E-state index in [1.807, 2.05) is 11.9 Å². The number of nitrogens with zero attached hydrogens (tertiary/aromatic N) is 1. The van der Waals surface area contributed by atoms with E-state index in [1.165, 1.54) is 22.4 Å². The maximum Gasteiger partial charge on any atom is 0.232 e. The summed E-state index contributed by atoms with van der Waals surface area (Å²) in [5.74, 6) is 1.41. The van der Waals surface area contributed by atoms with Gasteiger partial charge in [0.25, 0.3) is 0 Å². The SMILES string of the molecule is CNCC1CCCN(C(=O)CSc2cc(C)c(Br)cc2C)C1.Cl. The van der Waals surface area contributed by atoms with Crippen molar-refractivity contribution in [3.05, 3.63) is 27.7 Å². The number of amides is 1. The van der Waals surface area contributed by atoms with Gasteiger partial charge >= 0.3 is 0 Å². The molecule has 6 heteroatoms. The molecule has 1 aromatic rings. The lowest BCUT2D eigenvalue weighted by Gasteiger charge is -2.32. The fourth-order valence-corrected chi connectivity index (χ4v) is 4.35. The van der Waals surface area contributed by atoms with Crippen LogP contribution in [0.1, 0.15) is 24.0 Å². The molecule has 1 fully saturated rings. The van der Waals surface area contributed by atoms with Crippen LogP contribution in [0.15, 0.2) is 21.5 Å². The maximum atomic E-state index is 12.5. The molecule has 0 spiro atoms. The Morgan fingerprint density at radius 3 is 2.83 bits per heavy atom. The second-order valence-corrected chi connectivity index (χ2v) is 7.93. The summed E-state index contributed by atoms with van der Waals surface area (Å²) in [4.78, 5) is 15.7. The smallest absolute Gasteiger partial charge is 0.232 e. The predicted molar refractivity (Wildman–Crippen MR) is 105 cm³/mol. The minimum Gasteiger partial charge on any atom is -0.342 e. The highest BCUT2D eigenvalue weighted by molar-refractivity contribution is 9.10. The Bertz CT molecular complexity index is 540.